The number of Topliss-reactive ketones (excluding diaryl/α,β-unsaturated/α-hetero) is 1. The first-order valence-corrected chi connectivity index (χ1v) is 6.72. The van der Waals surface area contributed by atoms with Crippen LogP contribution in [0.5, 0.6) is 0 Å². The molecule has 0 aromatic carbocycles. The van der Waals surface area contributed by atoms with Gasteiger partial charge in [-0.25, -0.2) is 4.79 Å². The zero-order valence-corrected chi connectivity index (χ0v) is 11.9. The third-order valence-electron chi connectivity index (χ3n) is 3.74. The molecule has 1 heterocycles. The largest absolute Gasteiger partial charge is 0.444 e. The van der Waals surface area contributed by atoms with Crippen molar-refractivity contribution in [1.82, 2.24) is 4.90 Å². The van der Waals surface area contributed by atoms with E-state index in [-0.39, 0.29) is 17.9 Å². The molecule has 0 bridgehead atoms. The first-order valence-electron chi connectivity index (χ1n) is 6.72. The fourth-order valence-electron chi connectivity index (χ4n) is 2.81. The molecule has 1 amide bonds. The summed E-state index contributed by atoms with van der Waals surface area (Å²) in [6.45, 7) is 10.9. The van der Waals surface area contributed by atoms with E-state index in [4.69, 9.17) is 4.74 Å². The van der Waals surface area contributed by atoms with Crippen LogP contribution in [0.3, 0.4) is 0 Å². The van der Waals surface area contributed by atoms with Crippen LogP contribution in [0.4, 0.5) is 4.79 Å². The Kier molecular flexibility index (Phi) is 3.16. The summed E-state index contributed by atoms with van der Waals surface area (Å²) in [7, 11) is 0. The van der Waals surface area contributed by atoms with Crippen LogP contribution in [-0.4, -0.2) is 35.5 Å². The molecular formula is C14H23NO3. The van der Waals surface area contributed by atoms with Crippen LogP contribution < -0.4 is 0 Å². The van der Waals surface area contributed by atoms with E-state index in [1.807, 2.05) is 34.6 Å². The van der Waals surface area contributed by atoms with Crippen LogP contribution in [0.15, 0.2) is 0 Å². The van der Waals surface area contributed by atoms with Gasteiger partial charge >= 0.3 is 6.09 Å². The number of carbonyl (C=O) groups excluding carboxylic acids is 2. The standard InChI is InChI=1S/C14H23NO3/c1-8(2)12(16)11-9-6-15(7-10(9)11)13(17)18-14(3,4)5/h8-11H,6-7H2,1-5H3. The maximum Gasteiger partial charge on any atom is 0.410 e. The molecule has 2 rings (SSSR count). The number of carbonyl (C=O) groups is 2. The summed E-state index contributed by atoms with van der Waals surface area (Å²) in [6.07, 6.45) is -0.245. The molecule has 0 radical (unpaired) electrons. The normalized spacial score (nSPS) is 30.3. The van der Waals surface area contributed by atoms with Crippen LogP contribution in [-0.2, 0) is 9.53 Å². The third-order valence-corrected chi connectivity index (χ3v) is 3.74. The van der Waals surface area contributed by atoms with Crippen molar-refractivity contribution in [2.24, 2.45) is 23.7 Å². The molecule has 2 aliphatic rings. The number of piperidine rings is 1. The Morgan fingerprint density at radius 1 is 1.17 bits per heavy atom. The Hall–Kier alpha value is -1.06. The minimum absolute atomic E-state index is 0.107. The first kappa shape index (κ1) is 13.4. The summed E-state index contributed by atoms with van der Waals surface area (Å²) in [6, 6.07) is 0. The molecule has 0 aromatic rings. The van der Waals surface area contributed by atoms with E-state index in [0.29, 0.717) is 30.7 Å². The number of hydrogen-bond acceptors (Lipinski definition) is 3. The Labute approximate surface area is 109 Å². The van der Waals surface area contributed by atoms with Gasteiger partial charge in [0.05, 0.1) is 0 Å². The van der Waals surface area contributed by atoms with Crippen LogP contribution in [0.1, 0.15) is 34.6 Å². The Morgan fingerprint density at radius 3 is 2.06 bits per heavy atom. The topological polar surface area (TPSA) is 46.6 Å². The molecule has 4 heteroatoms. The molecule has 1 aliphatic carbocycles. The summed E-state index contributed by atoms with van der Waals surface area (Å²) in [4.78, 5) is 25.5. The number of ether oxygens (including phenoxy) is 1. The smallest absolute Gasteiger partial charge is 0.410 e. The van der Waals surface area contributed by atoms with E-state index in [1.54, 1.807) is 4.90 Å². The molecular weight excluding hydrogens is 230 g/mol. The third kappa shape index (κ3) is 2.52. The van der Waals surface area contributed by atoms with Gasteiger partial charge in [0.25, 0.3) is 0 Å². The Morgan fingerprint density at radius 2 is 1.67 bits per heavy atom. The lowest BCUT2D eigenvalue weighted by atomic mass is 10.0. The average Bonchev–Trinajstić information content (AvgIpc) is 2.68. The molecule has 102 valence electrons. The predicted octanol–water partition coefficient (Wildman–Crippen LogP) is 2.32. The molecule has 2 fully saturated rings. The van der Waals surface area contributed by atoms with E-state index in [1.165, 1.54) is 0 Å². The van der Waals surface area contributed by atoms with Crippen molar-refractivity contribution >= 4 is 11.9 Å². The summed E-state index contributed by atoms with van der Waals surface area (Å²) in [5.41, 5.74) is -0.447. The molecule has 0 aromatic heterocycles. The van der Waals surface area contributed by atoms with Crippen LogP contribution >= 0.6 is 0 Å². The van der Waals surface area contributed by atoms with Crippen molar-refractivity contribution in [2.45, 2.75) is 40.2 Å². The molecule has 2 unspecified atom stereocenters. The van der Waals surface area contributed by atoms with Gasteiger partial charge in [0.2, 0.25) is 0 Å². The summed E-state index contributed by atoms with van der Waals surface area (Å²) in [5, 5.41) is 0. The van der Waals surface area contributed by atoms with Gasteiger partial charge in [-0.2, -0.15) is 0 Å². The van der Waals surface area contributed by atoms with E-state index in [2.05, 4.69) is 0 Å². The molecule has 1 aliphatic heterocycles. The van der Waals surface area contributed by atoms with Crippen LogP contribution in [0, 0.1) is 23.7 Å². The van der Waals surface area contributed by atoms with Crippen molar-refractivity contribution in [2.75, 3.05) is 13.1 Å². The van der Waals surface area contributed by atoms with Gasteiger partial charge in [-0.1, -0.05) is 13.8 Å². The van der Waals surface area contributed by atoms with Gasteiger partial charge in [-0.3, -0.25) is 4.79 Å². The number of hydrogen-bond donors (Lipinski definition) is 0. The lowest BCUT2D eigenvalue weighted by Gasteiger charge is -2.25. The van der Waals surface area contributed by atoms with Crippen molar-refractivity contribution < 1.29 is 14.3 Å². The zero-order valence-electron chi connectivity index (χ0n) is 11.9. The highest BCUT2D eigenvalue weighted by molar-refractivity contribution is 5.86. The van der Waals surface area contributed by atoms with Gasteiger partial charge in [0.1, 0.15) is 11.4 Å². The number of nitrogens with zero attached hydrogens (tertiary/aromatic N) is 1. The van der Waals surface area contributed by atoms with Crippen LogP contribution in [0.25, 0.3) is 0 Å². The van der Waals surface area contributed by atoms with Gasteiger partial charge < -0.3 is 9.64 Å². The second-order valence-corrected chi connectivity index (χ2v) is 6.80. The molecule has 0 spiro atoms. The fourth-order valence-corrected chi connectivity index (χ4v) is 2.81. The fraction of sp³-hybridized carbons (Fsp3) is 0.857. The Bertz CT molecular complexity index is 358. The van der Waals surface area contributed by atoms with Gasteiger partial charge in [0, 0.05) is 24.9 Å². The highest BCUT2D eigenvalue weighted by Crippen LogP contribution is 2.53. The SMILES string of the molecule is CC(C)C(=O)C1C2CN(C(=O)OC(C)(C)C)CC21. The highest BCUT2D eigenvalue weighted by Gasteiger charge is 2.60. The van der Waals surface area contributed by atoms with Gasteiger partial charge in [0.15, 0.2) is 0 Å². The van der Waals surface area contributed by atoms with E-state index < -0.39 is 5.60 Å². The highest BCUT2D eigenvalue weighted by atomic mass is 16.6. The van der Waals surface area contributed by atoms with E-state index in [0.717, 1.165) is 0 Å². The minimum atomic E-state index is -0.447. The number of rotatable bonds is 2. The van der Waals surface area contributed by atoms with Crippen molar-refractivity contribution in [3.8, 4) is 0 Å². The summed E-state index contributed by atoms with van der Waals surface area (Å²) < 4.78 is 5.34. The number of ketones is 1. The van der Waals surface area contributed by atoms with Crippen molar-refractivity contribution in [3.05, 3.63) is 0 Å². The number of likely N-dealkylation sites (tertiary alicyclic amines) is 1. The second-order valence-electron chi connectivity index (χ2n) is 6.80. The average molecular weight is 253 g/mol. The lowest BCUT2D eigenvalue weighted by molar-refractivity contribution is -0.124. The zero-order chi connectivity index (χ0) is 13.7. The maximum absolute atomic E-state index is 11.9. The van der Waals surface area contributed by atoms with Gasteiger partial charge in [-0.15, -0.1) is 0 Å². The predicted molar refractivity (Wildman–Crippen MR) is 68.1 cm³/mol. The first-order chi connectivity index (χ1) is 8.20. The van der Waals surface area contributed by atoms with Gasteiger partial charge in [-0.05, 0) is 32.6 Å². The quantitative estimate of drug-likeness (QED) is 0.758. The molecule has 2 atom stereocenters. The number of amides is 1. The number of fused-ring (bicyclic) bond motifs is 1. The monoisotopic (exact) mass is 253 g/mol. The van der Waals surface area contributed by atoms with E-state index in [9.17, 15) is 9.59 Å². The Balaban J connectivity index is 1.84. The molecule has 1 saturated carbocycles. The maximum atomic E-state index is 11.9. The molecule has 1 saturated heterocycles. The second kappa shape index (κ2) is 4.25. The molecule has 4 nitrogen and oxygen atoms in total. The summed E-state index contributed by atoms with van der Waals surface area (Å²) in [5.74, 6) is 1.42. The van der Waals surface area contributed by atoms with Crippen LogP contribution in [0.2, 0.25) is 0 Å². The summed E-state index contributed by atoms with van der Waals surface area (Å²) >= 11 is 0. The minimum Gasteiger partial charge on any atom is -0.444 e. The van der Waals surface area contributed by atoms with Crippen molar-refractivity contribution in [1.29, 1.82) is 0 Å². The van der Waals surface area contributed by atoms with E-state index >= 15 is 0 Å². The molecule has 0 N–H and O–H groups in total. The van der Waals surface area contributed by atoms with Crippen molar-refractivity contribution in [3.63, 3.8) is 0 Å². The molecule has 18 heavy (non-hydrogen) atoms. The lowest BCUT2D eigenvalue weighted by Crippen LogP contribution is -2.37.